The molecule has 0 aliphatic rings. The molecule has 0 bridgehead atoms. The molecule has 2 aromatic carbocycles. The highest BCUT2D eigenvalue weighted by atomic mass is 79.9. The molecule has 0 aliphatic carbocycles. The minimum Gasteiger partial charge on any atom is -0.465 e. The molecule has 0 radical (unpaired) electrons. The van der Waals surface area contributed by atoms with E-state index < -0.39 is 5.97 Å². The lowest BCUT2D eigenvalue weighted by Crippen LogP contribution is -2.12. The summed E-state index contributed by atoms with van der Waals surface area (Å²) in [4.78, 5) is 23.6. The third-order valence-electron chi connectivity index (χ3n) is 2.91. The molecule has 0 heterocycles. The van der Waals surface area contributed by atoms with Crippen LogP contribution >= 0.6 is 15.9 Å². The van der Waals surface area contributed by atoms with E-state index in [0.717, 1.165) is 0 Å². The van der Waals surface area contributed by atoms with E-state index in [2.05, 4.69) is 26.0 Å². The summed E-state index contributed by atoms with van der Waals surface area (Å²) in [6, 6.07) is 13.0. The number of nitrogens with zero attached hydrogens (tertiary/aromatic N) is 1. The Hall–Kier alpha value is -2.65. The fourth-order valence-electron chi connectivity index (χ4n) is 1.75. The Morgan fingerprint density at radius 3 is 2.32 bits per heavy atom. The Labute approximate surface area is 135 Å². The van der Waals surface area contributed by atoms with Crippen molar-refractivity contribution in [2.45, 2.75) is 0 Å². The molecular formula is C16H11BrN2O3. The van der Waals surface area contributed by atoms with Crippen LogP contribution in [0.25, 0.3) is 0 Å². The Morgan fingerprint density at radius 1 is 1.14 bits per heavy atom. The summed E-state index contributed by atoms with van der Waals surface area (Å²) < 4.78 is 5.20. The molecule has 0 spiro atoms. The molecule has 0 saturated heterocycles. The van der Waals surface area contributed by atoms with Gasteiger partial charge in [0.25, 0.3) is 5.91 Å². The second-order valence-electron chi connectivity index (χ2n) is 4.33. The minimum absolute atomic E-state index is 0.309. The topological polar surface area (TPSA) is 79.2 Å². The van der Waals surface area contributed by atoms with Crippen molar-refractivity contribution in [2.24, 2.45) is 0 Å². The zero-order chi connectivity index (χ0) is 16.1. The number of esters is 1. The molecule has 2 aromatic rings. The van der Waals surface area contributed by atoms with Crippen molar-refractivity contribution in [1.29, 1.82) is 5.26 Å². The first-order valence-electron chi connectivity index (χ1n) is 6.24. The van der Waals surface area contributed by atoms with E-state index in [0.29, 0.717) is 26.9 Å². The van der Waals surface area contributed by atoms with Crippen LogP contribution in [0.4, 0.5) is 5.69 Å². The van der Waals surface area contributed by atoms with E-state index in [1.54, 1.807) is 42.5 Å². The number of methoxy groups -OCH3 is 1. The normalized spacial score (nSPS) is 9.68. The number of rotatable bonds is 3. The van der Waals surface area contributed by atoms with Crippen LogP contribution in [0, 0.1) is 11.3 Å². The molecule has 0 saturated carbocycles. The van der Waals surface area contributed by atoms with Crippen molar-refractivity contribution in [2.75, 3.05) is 12.4 Å². The summed E-state index contributed by atoms with van der Waals surface area (Å²) in [5.41, 5.74) is 1.83. The highest BCUT2D eigenvalue weighted by molar-refractivity contribution is 9.10. The van der Waals surface area contributed by atoms with E-state index in [1.807, 2.05) is 6.07 Å². The Morgan fingerprint density at radius 2 is 1.77 bits per heavy atom. The number of nitrogens with one attached hydrogen (secondary N) is 1. The number of amides is 1. The lowest BCUT2D eigenvalue weighted by Gasteiger charge is -2.09. The summed E-state index contributed by atoms with van der Waals surface area (Å²) in [5, 5.41) is 11.5. The maximum atomic E-state index is 12.1. The Bertz CT molecular complexity index is 764. The van der Waals surface area contributed by atoms with Gasteiger partial charge in [-0.3, -0.25) is 4.79 Å². The van der Waals surface area contributed by atoms with Crippen molar-refractivity contribution in [3.8, 4) is 6.07 Å². The monoisotopic (exact) mass is 358 g/mol. The maximum Gasteiger partial charge on any atom is 0.337 e. The molecule has 6 heteroatoms. The van der Waals surface area contributed by atoms with Gasteiger partial charge in [0, 0.05) is 10.0 Å². The van der Waals surface area contributed by atoms with Crippen LogP contribution in [0.15, 0.2) is 46.9 Å². The number of carbonyl (C=O) groups is 2. The molecule has 1 N–H and O–H groups in total. The largest absolute Gasteiger partial charge is 0.465 e. The van der Waals surface area contributed by atoms with E-state index in [-0.39, 0.29) is 5.91 Å². The second-order valence-corrected chi connectivity index (χ2v) is 5.18. The number of hydrogen-bond acceptors (Lipinski definition) is 4. The van der Waals surface area contributed by atoms with Gasteiger partial charge in [-0.2, -0.15) is 5.26 Å². The summed E-state index contributed by atoms with van der Waals surface area (Å²) in [7, 11) is 1.30. The smallest absolute Gasteiger partial charge is 0.337 e. The fraction of sp³-hybridized carbons (Fsp3) is 0.0625. The molecular weight excluding hydrogens is 348 g/mol. The molecule has 5 nitrogen and oxygen atoms in total. The van der Waals surface area contributed by atoms with Gasteiger partial charge in [-0.25, -0.2) is 4.79 Å². The Kier molecular flexibility index (Phi) is 4.92. The SMILES string of the molecule is COC(=O)c1ccc(NC(=O)c2ccc(C#N)cc2)c(Br)c1. The van der Waals surface area contributed by atoms with Gasteiger partial charge in [0.05, 0.1) is 30.0 Å². The third kappa shape index (κ3) is 3.51. The minimum atomic E-state index is -0.453. The van der Waals surface area contributed by atoms with Crippen molar-refractivity contribution in [3.63, 3.8) is 0 Å². The van der Waals surface area contributed by atoms with Crippen molar-refractivity contribution in [1.82, 2.24) is 0 Å². The number of ether oxygens (including phenoxy) is 1. The quantitative estimate of drug-likeness (QED) is 0.853. The van der Waals surface area contributed by atoms with Gasteiger partial charge in [0.15, 0.2) is 0 Å². The second kappa shape index (κ2) is 6.87. The summed E-state index contributed by atoms with van der Waals surface area (Å²) in [5.74, 6) is -0.762. The first-order chi connectivity index (χ1) is 10.5. The fourth-order valence-corrected chi connectivity index (χ4v) is 2.23. The van der Waals surface area contributed by atoms with Crippen LogP contribution in [-0.2, 0) is 4.74 Å². The van der Waals surface area contributed by atoms with Crippen LogP contribution in [-0.4, -0.2) is 19.0 Å². The average Bonchev–Trinajstić information content (AvgIpc) is 2.55. The van der Waals surface area contributed by atoms with Crippen LogP contribution in [0.2, 0.25) is 0 Å². The predicted octanol–water partition coefficient (Wildman–Crippen LogP) is 3.36. The van der Waals surface area contributed by atoms with Gasteiger partial charge in [-0.15, -0.1) is 0 Å². The summed E-state index contributed by atoms with van der Waals surface area (Å²) >= 11 is 3.30. The number of benzene rings is 2. The number of halogens is 1. The first-order valence-corrected chi connectivity index (χ1v) is 7.04. The highest BCUT2D eigenvalue weighted by Gasteiger charge is 2.11. The number of carbonyl (C=O) groups excluding carboxylic acids is 2. The zero-order valence-electron chi connectivity index (χ0n) is 11.6. The zero-order valence-corrected chi connectivity index (χ0v) is 13.2. The van der Waals surface area contributed by atoms with Crippen molar-refractivity contribution in [3.05, 3.63) is 63.6 Å². The van der Waals surface area contributed by atoms with E-state index >= 15 is 0 Å². The number of anilines is 1. The van der Waals surface area contributed by atoms with E-state index in [1.165, 1.54) is 7.11 Å². The lowest BCUT2D eigenvalue weighted by molar-refractivity contribution is 0.0600. The van der Waals surface area contributed by atoms with E-state index in [4.69, 9.17) is 5.26 Å². The third-order valence-corrected chi connectivity index (χ3v) is 3.57. The van der Waals surface area contributed by atoms with Gasteiger partial charge in [0.1, 0.15) is 0 Å². The van der Waals surface area contributed by atoms with Crippen LogP contribution < -0.4 is 5.32 Å². The summed E-state index contributed by atoms with van der Waals surface area (Å²) in [6.07, 6.45) is 0. The van der Waals surface area contributed by atoms with Crippen LogP contribution in [0.3, 0.4) is 0 Å². The molecule has 0 fully saturated rings. The lowest BCUT2D eigenvalue weighted by atomic mass is 10.1. The molecule has 0 unspecified atom stereocenters. The highest BCUT2D eigenvalue weighted by Crippen LogP contribution is 2.24. The van der Waals surface area contributed by atoms with E-state index in [9.17, 15) is 9.59 Å². The molecule has 22 heavy (non-hydrogen) atoms. The number of nitriles is 1. The van der Waals surface area contributed by atoms with Gasteiger partial charge < -0.3 is 10.1 Å². The van der Waals surface area contributed by atoms with Crippen molar-refractivity contribution >= 4 is 33.5 Å². The van der Waals surface area contributed by atoms with Gasteiger partial charge >= 0.3 is 5.97 Å². The average molecular weight is 359 g/mol. The van der Waals surface area contributed by atoms with Gasteiger partial charge in [-0.05, 0) is 58.4 Å². The molecule has 0 atom stereocenters. The molecule has 0 aromatic heterocycles. The van der Waals surface area contributed by atoms with Crippen LogP contribution in [0.5, 0.6) is 0 Å². The molecule has 0 aliphatic heterocycles. The van der Waals surface area contributed by atoms with Crippen LogP contribution in [0.1, 0.15) is 26.3 Å². The van der Waals surface area contributed by atoms with Crippen molar-refractivity contribution < 1.29 is 14.3 Å². The molecule has 2 rings (SSSR count). The number of hydrogen-bond donors (Lipinski definition) is 1. The first kappa shape index (κ1) is 15.7. The molecule has 1 amide bonds. The Balaban J connectivity index is 2.17. The van der Waals surface area contributed by atoms with Gasteiger partial charge in [-0.1, -0.05) is 0 Å². The maximum absolute atomic E-state index is 12.1. The van der Waals surface area contributed by atoms with Gasteiger partial charge in [0.2, 0.25) is 0 Å². The standard InChI is InChI=1S/C16H11BrN2O3/c1-22-16(21)12-6-7-14(13(17)8-12)19-15(20)11-4-2-10(9-18)3-5-11/h2-8H,1H3,(H,19,20). The predicted molar refractivity (Wildman–Crippen MR) is 84.6 cm³/mol. The molecule has 110 valence electrons. The summed E-state index contributed by atoms with van der Waals surface area (Å²) in [6.45, 7) is 0.